The Morgan fingerprint density at radius 2 is 2.10 bits per heavy atom. The highest BCUT2D eigenvalue weighted by Gasteiger charge is 2.29. The maximum Gasteiger partial charge on any atom is 0.387 e. The van der Waals surface area contributed by atoms with E-state index in [-0.39, 0.29) is 17.5 Å². The molecule has 5 nitrogen and oxygen atoms in total. The maximum atomic E-state index is 13.6. The molecule has 1 aliphatic heterocycles. The molecule has 0 aromatic heterocycles. The standard InChI is InChI=1S/C12H15F3N2O3S/c13-10-6-9(3-4-11(10)20-12(14)15)21(18,19)17-5-1-2-8(16)7-17/h3-4,6,8,12H,1-2,5,7,16H2. The molecule has 1 aliphatic rings. The highest BCUT2D eigenvalue weighted by molar-refractivity contribution is 7.89. The number of sulfonamides is 1. The van der Waals surface area contributed by atoms with Crippen molar-refractivity contribution in [1.29, 1.82) is 0 Å². The van der Waals surface area contributed by atoms with Gasteiger partial charge in [-0.2, -0.15) is 13.1 Å². The quantitative estimate of drug-likeness (QED) is 0.912. The Bertz CT molecular complexity index is 610. The van der Waals surface area contributed by atoms with Gasteiger partial charge in [0.2, 0.25) is 10.0 Å². The Balaban J connectivity index is 2.26. The lowest BCUT2D eigenvalue weighted by Gasteiger charge is -2.29. The van der Waals surface area contributed by atoms with Crippen LogP contribution in [0, 0.1) is 5.82 Å². The van der Waals surface area contributed by atoms with E-state index < -0.39 is 28.2 Å². The van der Waals surface area contributed by atoms with Gasteiger partial charge in [0.25, 0.3) is 0 Å². The van der Waals surface area contributed by atoms with E-state index in [4.69, 9.17) is 5.73 Å². The molecule has 1 atom stereocenters. The first-order valence-electron chi connectivity index (χ1n) is 6.31. The monoisotopic (exact) mass is 324 g/mol. The summed E-state index contributed by atoms with van der Waals surface area (Å²) in [5.41, 5.74) is 5.73. The molecule has 21 heavy (non-hydrogen) atoms. The highest BCUT2D eigenvalue weighted by Crippen LogP contribution is 2.26. The topological polar surface area (TPSA) is 72.6 Å². The minimum absolute atomic E-state index is 0.152. The van der Waals surface area contributed by atoms with Crippen LogP contribution in [0.15, 0.2) is 23.1 Å². The van der Waals surface area contributed by atoms with Crippen molar-refractivity contribution in [3.63, 3.8) is 0 Å². The Hall–Kier alpha value is -1.32. The van der Waals surface area contributed by atoms with Gasteiger partial charge >= 0.3 is 6.61 Å². The molecule has 1 fully saturated rings. The molecule has 1 aromatic carbocycles. The van der Waals surface area contributed by atoms with Crippen LogP contribution in [0.2, 0.25) is 0 Å². The number of piperidine rings is 1. The Morgan fingerprint density at radius 3 is 2.67 bits per heavy atom. The molecular weight excluding hydrogens is 309 g/mol. The first kappa shape index (κ1) is 16.1. The maximum absolute atomic E-state index is 13.6. The van der Waals surface area contributed by atoms with E-state index >= 15 is 0 Å². The Morgan fingerprint density at radius 1 is 1.38 bits per heavy atom. The van der Waals surface area contributed by atoms with E-state index in [2.05, 4.69) is 4.74 Å². The zero-order chi connectivity index (χ0) is 15.6. The zero-order valence-electron chi connectivity index (χ0n) is 11.0. The summed E-state index contributed by atoms with van der Waals surface area (Å²) in [7, 11) is -3.89. The molecule has 0 bridgehead atoms. The molecule has 9 heteroatoms. The molecular formula is C12H15F3N2O3S. The van der Waals surface area contributed by atoms with Crippen LogP contribution < -0.4 is 10.5 Å². The van der Waals surface area contributed by atoms with Gasteiger partial charge in [-0.05, 0) is 31.0 Å². The molecule has 1 unspecified atom stereocenters. The van der Waals surface area contributed by atoms with E-state index in [1.165, 1.54) is 4.31 Å². The molecule has 0 radical (unpaired) electrons. The van der Waals surface area contributed by atoms with Crippen LogP contribution in [-0.2, 0) is 10.0 Å². The van der Waals surface area contributed by atoms with Gasteiger partial charge in [0.15, 0.2) is 11.6 Å². The molecule has 0 amide bonds. The zero-order valence-corrected chi connectivity index (χ0v) is 11.8. The van der Waals surface area contributed by atoms with E-state index in [0.29, 0.717) is 19.0 Å². The van der Waals surface area contributed by atoms with Gasteiger partial charge in [0.05, 0.1) is 4.90 Å². The summed E-state index contributed by atoms with van der Waals surface area (Å²) in [6, 6.07) is 2.32. The Kier molecular flexibility index (Phi) is 4.74. The van der Waals surface area contributed by atoms with E-state index in [0.717, 1.165) is 18.6 Å². The van der Waals surface area contributed by atoms with Crippen molar-refractivity contribution in [2.45, 2.75) is 30.4 Å². The lowest BCUT2D eigenvalue weighted by Crippen LogP contribution is -2.45. The number of hydrogen-bond donors (Lipinski definition) is 1. The van der Waals surface area contributed by atoms with Gasteiger partial charge in [-0.25, -0.2) is 12.8 Å². The number of nitrogens with zero attached hydrogens (tertiary/aromatic N) is 1. The summed E-state index contributed by atoms with van der Waals surface area (Å²) in [4.78, 5) is -0.310. The Labute approximate surface area is 120 Å². The van der Waals surface area contributed by atoms with Gasteiger partial charge in [0.1, 0.15) is 0 Å². The molecule has 2 N–H and O–H groups in total. The third kappa shape index (κ3) is 3.66. The fourth-order valence-electron chi connectivity index (χ4n) is 2.17. The lowest BCUT2D eigenvalue weighted by molar-refractivity contribution is -0.0522. The average Bonchev–Trinajstić information content (AvgIpc) is 2.40. The lowest BCUT2D eigenvalue weighted by atomic mass is 10.1. The first-order chi connectivity index (χ1) is 9.80. The number of ether oxygens (including phenoxy) is 1. The molecule has 0 spiro atoms. The van der Waals surface area contributed by atoms with Crippen LogP contribution >= 0.6 is 0 Å². The summed E-state index contributed by atoms with van der Waals surface area (Å²) in [6.07, 6.45) is 1.34. The number of rotatable bonds is 4. The highest BCUT2D eigenvalue weighted by atomic mass is 32.2. The van der Waals surface area contributed by atoms with Gasteiger partial charge in [-0.15, -0.1) is 0 Å². The molecule has 1 heterocycles. The molecule has 1 aromatic rings. The first-order valence-corrected chi connectivity index (χ1v) is 7.75. The van der Waals surface area contributed by atoms with Crippen LogP contribution in [0.3, 0.4) is 0 Å². The minimum atomic E-state index is -3.89. The molecule has 118 valence electrons. The van der Waals surface area contributed by atoms with Gasteiger partial charge in [0, 0.05) is 19.1 Å². The van der Waals surface area contributed by atoms with Crippen molar-refractivity contribution in [3.8, 4) is 5.75 Å². The summed E-state index contributed by atoms with van der Waals surface area (Å²) >= 11 is 0. The third-order valence-electron chi connectivity index (χ3n) is 3.18. The van der Waals surface area contributed by atoms with Crippen molar-refractivity contribution in [2.24, 2.45) is 5.73 Å². The number of halogens is 3. The number of benzene rings is 1. The molecule has 0 aliphatic carbocycles. The van der Waals surface area contributed by atoms with Crippen LogP contribution in [0.1, 0.15) is 12.8 Å². The second-order valence-electron chi connectivity index (χ2n) is 4.74. The summed E-state index contributed by atoms with van der Waals surface area (Å²) < 4.78 is 67.5. The van der Waals surface area contributed by atoms with Gasteiger partial charge < -0.3 is 10.5 Å². The number of hydrogen-bond acceptors (Lipinski definition) is 4. The van der Waals surface area contributed by atoms with E-state index in [1.54, 1.807) is 0 Å². The smallest absolute Gasteiger partial charge is 0.387 e. The molecule has 0 saturated carbocycles. The molecule has 2 rings (SSSR count). The van der Waals surface area contributed by atoms with E-state index in [9.17, 15) is 21.6 Å². The number of nitrogens with two attached hydrogens (primary N) is 1. The second-order valence-corrected chi connectivity index (χ2v) is 6.67. The average molecular weight is 324 g/mol. The summed E-state index contributed by atoms with van der Waals surface area (Å²) in [5.74, 6) is -1.85. The fourth-order valence-corrected chi connectivity index (χ4v) is 3.72. The van der Waals surface area contributed by atoms with Crippen LogP contribution in [-0.4, -0.2) is 38.5 Å². The predicted molar refractivity (Wildman–Crippen MR) is 69.0 cm³/mol. The van der Waals surface area contributed by atoms with Crippen molar-refractivity contribution in [1.82, 2.24) is 4.31 Å². The fraction of sp³-hybridized carbons (Fsp3) is 0.500. The van der Waals surface area contributed by atoms with Crippen LogP contribution in [0.4, 0.5) is 13.2 Å². The largest absolute Gasteiger partial charge is 0.432 e. The SMILES string of the molecule is NC1CCCN(S(=O)(=O)c2ccc(OC(F)F)c(F)c2)C1. The second kappa shape index (κ2) is 6.20. The minimum Gasteiger partial charge on any atom is -0.432 e. The normalized spacial score (nSPS) is 20.7. The van der Waals surface area contributed by atoms with E-state index in [1.807, 2.05) is 0 Å². The molecule has 1 saturated heterocycles. The summed E-state index contributed by atoms with van der Waals surface area (Å²) in [5, 5.41) is 0. The van der Waals surface area contributed by atoms with Crippen LogP contribution in [0.5, 0.6) is 5.75 Å². The van der Waals surface area contributed by atoms with Crippen molar-refractivity contribution in [2.75, 3.05) is 13.1 Å². The van der Waals surface area contributed by atoms with Crippen molar-refractivity contribution >= 4 is 10.0 Å². The number of alkyl halides is 2. The van der Waals surface area contributed by atoms with Crippen molar-refractivity contribution in [3.05, 3.63) is 24.0 Å². The van der Waals surface area contributed by atoms with Gasteiger partial charge in [-0.1, -0.05) is 0 Å². The van der Waals surface area contributed by atoms with Crippen LogP contribution in [0.25, 0.3) is 0 Å². The van der Waals surface area contributed by atoms with Gasteiger partial charge in [-0.3, -0.25) is 0 Å². The summed E-state index contributed by atoms with van der Waals surface area (Å²) in [6.45, 7) is -2.73. The predicted octanol–water partition coefficient (Wildman–Crippen LogP) is 1.54. The van der Waals surface area contributed by atoms with Crippen molar-refractivity contribution < 1.29 is 26.3 Å². The third-order valence-corrected chi connectivity index (χ3v) is 5.04.